The number of carbonyl (C=O) groups is 2. The van der Waals surface area contributed by atoms with Gasteiger partial charge in [0.2, 0.25) is 11.8 Å². The van der Waals surface area contributed by atoms with E-state index in [0.29, 0.717) is 22.9 Å². The maximum atomic E-state index is 14.4. The van der Waals surface area contributed by atoms with Gasteiger partial charge >= 0.3 is 0 Å². The Balaban J connectivity index is 1.78. The molecule has 0 fully saturated rings. The van der Waals surface area contributed by atoms with Gasteiger partial charge in [-0.15, -0.1) is 0 Å². The van der Waals surface area contributed by atoms with Crippen LogP contribution < -0.4 is 14.4 Å². The van der Waals surface area contributed by atoms with Crippen molar-refractivity contribution >= 4 is 39.1 Å². The smallest absolute Gasteiger partial charge is 0.264 e. The first-order chi connectivity index (χ1) is 22.1. The standard InChI is InChI=1S/C35H37ClFN3O5S/c1-3-4-22-38-35(42)33(23-26-8-6-5-7-9-26)39(24-27-10-12-28(36)13-11-27)34(41)25-40(30-16-14-29(37)15-17-30)46(43,44)32-20-18-31(45-2)19-21-32/h5-21,33H,3-4,22-25H2,1-2H3,(H,38,42). The molecular formula is C35H37ClFN3O5S. The average Bonchev–Trinajstić information content (AvgIpc) is 3.07. The molecule has 8 nitrogen and oxygen atoms in total. The number of hydrogen-bond acceptors (Lipinski definition) is 5. The number of unbranched alkanes of at least 4 members (excludes halogenated alkanes) is 1. The number of rotatable bonds is 15. The molecule has 4 aromatic rings. The van der Waals surface area contributed by atoms with Crippen molar-refractivity contribution in [2.45, 2.75) is 43.7 Å². The quantitative estimate of drug-likeness (QED) is 0.152. The normalized spacial score (nSPS) is 11.8. The number of ether oxygens (including phenoxy) is 1. The third kappa shape index (κ3) is 9.08. The largest absolute Gasteiger partial charge is 0.497 e. The molecule has 4 aromatic carbocycles. The zero-order valence-corrected chi connectivity index (χ0v) is 27.3. The van der Waals surface area contributed by atoms with Crippen LogP contribution in [0, 0.1) is 5.82 Å². The van der Waals surface area contributed by atoms with E-state index in [1.54, 1.807) is 24.3 Å². The Morgan fingerprint density at radius 1 is 0.891 bits per heavy atom. The molecule has 0 aliphatic rings. The van der Waals surface area contributed by atoms with Crippen LogP contribution in [-0.4, -0.2) is 51.4 Å². The molecule has 4 rings (SSSR count). The SMILES string of the molecule is CCCCNC(=O)C(Cc1ccccc1)N(Cc1ccc(Cl)cc1)C(=O)CN(c1ccc(F)cc1)S(=O)(=O)c1ccc(OC)cc1. The van der Waals surface area contributed by atoms with Crippen LogP contribution in [0.15, 0.2) is 108 Å². The summed E-state index contributed by atoms with van der Waals surface area (Å²) in [5.74, 6) is -1.09. The zero-order valence-electron chi connectivity index (χ0n) is 25.7. The van der Waals surface area contributed by atoms with Gasteiger partial charge in [-0.25, -0.2) is 12.8 Å². The molecule has 1 N–H and O–H groups in total. The molecule has 0 bridgehead atoms. The number of halogens is 2. The highest BCUT2D eigenvalue weighted by molar-refractivity contribution is 7.92. The van der Waals surface area contributed by atoms with E-state index >= 15 is 0 Å². The molecule has 0 saturated carbocycles. The van der Waals surface area contributed by atoms with Gasteiger partial charge in [-0.05, 0) is 78.2 Å². The molecule has 0 heterocycles. The Morgan fingerprint density at radius 3 is 2.15 bits per heavy atom. The lowest BCUT2D eigenvalue weighted by Gasteiger charge is -2.34. The van der Waals surface area contributed by atoms with Crippen LogP contribution in [0.25, 0.3) is 0 Å². The molecule has 46 heavy (non-hydrogen) atoms. The molecule has 0 saturated heterocycles. The maximum absolute atomic E-state index is 14.4. The number of carbonyl (C=O) groups excluding carboxylic acids is 2. The summed E-state index contributed by atoms with van der Waals surface area (Å²) >= 11 is 6.12. The number of sulfonamides is 1. The summed E-state index contributed by atoms with van der Waals surface area (Å²) in [6.07, 6.45) is 1.82. The van der Waals surface area contributed by atoms with Crippen LogP contribution in [0.4, 0.5) is 10.1 Å². The predicted octanol–water partition coefficient (Wildman–Crippen LogP) is 6.24. The van der Waals surface area contributed by atoms with Gasteiger partial charge in [-0.1, -0.05) is 67.4 Å². The monoisotopic (exact) mass is 665 g/mol. The van der Waals surface area contributed by atoms with Crippen LogP contribution in [0.2, 0.25) is 5.02 Å². The van der Waals surface area contributed by atoms with Gasteiger partial charge in [0.25, 0.3) is 10.0 Å². The van der Waals surface area contributed by atoms with E-state index in [4.69, 9.17) is 16.3 Å². The van der Waals surface area contributed by atoms with Crippen molar-refractivity contribution in [3.63, 3.8) is 0 Å². The van der Waals surface area contributed by atoms with Crippen LogP contribution in [0.5, 0.6) is 5.75 Å². The third-order valence-electron chi connectivity index (χ3n) is 7.41. The topological polar surface area (TPSA) is 96.0 Å². The van der Waals surface area contributed by atoms with Crippen LogP contribution in [0.1, 0.15) is 30.9 Å². The number of anilines is 1. The summed E-state index contributed by atoms with van der Waals surface area (Å²) in [6, 6.07) is 25.8. The van der Waals surface area contributed by atoms with Gasteiger partial charge < -0.3 is 15.0 Å². The number of nitrogens with zero attached hydrogens (tertiary/aromatic N) is 2. The van der Waals surface area contributed by atoms with Crippen LogP contribution >= 0.6 is 11.6 Å². The fourth-order valence-corrected chi connectivity index (χ4v) is 6.40. The molecule has 11 heteroatoms. The van der Waals surface area contributed by atoms with E-state index in [1.165, 1.54) is 48.4 Å². The Morgan fingerprint density at radius 2 is 1.54 bits per heavy atom. The van der Waals surface area contributed by atoms with Gasteiger partial charge in [-0.2, -0.15) is 0 Å². The van der Waals surface area contributed by atoms with Crippen molar-refractivity contribution in [1.29, 1.82) is 0 Å². The minimum Gasteiger partial charge on any atom is -0.497 e. The lowest BCUT2D eigenvalue weighted by Crippen LogP contribution is -2.53. The van der Waals surface area contributed by atoms with Crippen molar-refractivity contribution in [1.82, 2.24) is 10.2 Å². The molecule has 0 aliphatic carbocycles. The average molecular weight is 666 g/mol. The van der Waals surface area contributed by atoms with E-state index in [1.807, 2.05) is 37.3 Å². The van der Waals surface area contributed by atoms with Crippen molar-refractivity contribution in [3.05, 3.63) is 125 Å². The van der Waals surface area contributed by atoms with Crippen LogP contribution in [-0.2, 0) is 32.6 Å². The molecule has 1 atom stereocenters. The van der Waals surface area contributed by atoms with Crippen molar-refractivity contribution in [2.75, 3.05) is 24.5 Å². The first-order valence-electron chi connectivity index (χ1n) is 14.9. The van der Waals surface area contributed by atoms with Gasteiger partial charge in [0, 0.05) is 24.5 Å². The first-order valence-corrected chi connectivity index (χ1v) is 16.7. The van der Waals surface area contributed by atoms with Gasteiger partial charge in [0.15, 0.2) is 0 Å². The van der Waals surface area contributed by atoms with E-state index in [-0.39, 0.29) is 29.5 Å². The molecule has 0 radical (unpaired) electrons. The maximum Gasteiger partial charge on any atom is 0.264 e. The second-order valence-corrected chi connectivity index (χ2v) is 13.0. The summed E-state index contributed by atoms with van der Waals surface area (Å²) in [4.78, 5) is 29.5. The fraction of sp³-hybridized carbons (Fsp3) is 0.257. The molecule has 242 valence electrons. The summed E-state index contributed by atoms with van der Waals surface area (Å²) in [6.45, 7) is 1.80. The summed E-state index contributed by atoms with van der Waals surface area (Å²) in [5, 5.41) is 3.46. The number of nitrogens with one attached hydrogen (secondary N) is 1. The van der Waals surface area contributed by atoms with Gasteiger partial charge in [0.1, 0.15) is 24.2 Å². The Bertz CT molecular complexity index is 1690. The van der Waals surface area contributed by atoms with E-state index in [0.717, 1.165) is 34.8 Å². The molecule has 0 aliphatic heterocycles. The molecule has 0 spiro atoms. The molecule has 0 aromatic heterocycles. The zero-order chi connectivity index (χ0) is 33.1. The number of hydrogen-bond donors (Lipinski definition) is 1. The first kappa shape index (κ1) is 34.5. The second-order valence-electron chi connectivity index (χ2n) is 10.7. The van der Waals surface area contributed by atoms with Crippen LogP contribution in [0.3, 0.4) is 0 Å². The highest BCUT2D eigenvalue weighted by Crippen LogP contribution is 2.27. The van der Waals surface area contributed by atoms with E-state index in [2.05, 4.69) is 5.32 Å². The predicted molar refractivity (Wildman–Crippen MR) is 178 cm³/mol. The van der Waals surface area contributed by atoms with E-state index < -0.39 is 34.3 Å². The van der Waals surface area contributed by atoms with Crippen molar-refractivity contribution in [3.8, 4) is 5.75 Å². The Hall–Kier alpha value is -4.41. The second kappa shape index (κ2) is 16.2. The number of benzene rings is 4. The lowest BCUT2D eigenvalue weighted by molar-refractivity contribution is -0.140. The molecule has 1 unspecified atom stereocenters. The minimum atomic E-state index is -4.33. The Kier molecular flexibility index (Phi) is 12.2. The molecular weight excluding hydrogens is 629 g/mol. The lowest BCUT2D eigenvalue weighted by atomic mass is 10.0. The highest BCUT2D eigenvalue weighted by atomic mass is 35.5. The van der Waals surface area contributed by atoms with Gasteiger partial charge in [0.05, 0.1) is 17.7 Å². The molecule has 2 amide bonds. The summed E-state index contributed by atoms with van der Waals surface area (Å²) < 4.78 is 48.2. The van der Waals surface area contributed by atoms with Crippen molar-refractivity contribution in [2.24, 2.45) is 0 Å². The number of amides is 2. The Labute approximate surface area is 274 Å². The highest BCUT2D eigenvalue weighted by Gasteiger charge is 2.34. The summed E-state index contributed by atoms with van der Waals surface area (Å²) in [5.41, 5.74) is 1.61. The fourth-order valence-electron chi connectivity index (χ4n) is 4.86. The minimum absolute atomic E-state index is 0.00847. The summed E-state index contributed by atoms with van der Waals surface area (Å²) in [7, 11) is -2.87. The van der Waals surface area contributed by atoms with E-state index in [9.17, 15) is 22.4 Å². The third-order valence-corrected chi connectivity index (χ3v) is 9.45. The number of methoxy groups -OCH3 is 1. The van der Waals surface area contributed by atoms with Gasteiger partial charge in [-0.3, -0.25) is 13.9 Å². The van der Waals surface area contributed by atoms with Crippen molar-refractivity contribution < 1.29 is 27.1 Å².